The zero-order valence-corrected chi connectivity index (χ0v) is 9.44. The molecule has 0 aromatic heterocycles. The fraction of sp³-hybridized carbons (Fsp3) is 0.300. The van der Waals surface area contributed by atoms with Gasteiger partial charge in [-0.05, 0) is 12.5 Å². The molecule has 0 aliphatic rings. The largest absolute Gasteiger partial charge is 0.320 e. The summed E-state index contributed by atoms with van der Waals surface area (Å²) in [6, 6.07) is 0.432. The van der Waals surface area contributed by atoms with Crippen molar-refractivity contribution in [1.29, 1.82) is 0 Å². The van der Waals surface area contributed by atoms with Crippen LogP contribution in [0.25, 0.3) is 0 Å². The number of amides is 1. The molecule has 98 valence electrons. The Hall–Kier alpha value is -2.09. The molecule has 0 unspecified atom stereocenters. The van der Waals surface area contributed by atoms with Gasteiger partial charge in [0.25, 0.3) is 5.69 Å². The highest BCUT2D eigenvalue weighted by molar-refractivity contribution is 5.96. The number of carbonyl (C=O) groups excluding carboxylic acids is 1. The maximum absolute atomic E-state index is 13.4. The van der Waals surface area contributed by atoms with Gasteiger partial charge in [-0.2, -0.15) is 0 Å². The van der Waals surface area contributed by atoms with Gasteiger partial charge >= 0.3 is 0 Å². The van der Waals surface area contributed by atoms with Crippen molar-refractivity contribution >= 4 is 17.3 Å². The normalized spacial score (nSPS) is 12.0. The number of anilines is 1. The van der Waals surface area contributed by atoms with Gasteiger partial charge in [-0.15, -0.1) is 0 Å². The van der Waals surface area contributed by atoms with Crippen molar-refractivity contribution < 1.29 is 18.5 Å². The van der Waals surface area contributed by atoms with E-state index < -0.39 is 39.9 Å². The van der Waals surface area contributed by atoms with Crippen LogP contribution in [-0.2, 0) is 4.79 Å². The maximum Gasteiger partial charge on any atom is 0.296 e. The van der Waals surface area contributed by atoms with Crippen LogP contribution in [0.3, 0.4) is 0 Å². The first kappa shape index (κ1) is 14.0. The van der Waals surface area contributed by atoms with Crippen molar-refractivity contribution in [3.8, 4) is 0 Å². The molecule has 0 heterocycles. The third-order valence-corrected chi connectivity index (χ3v) is 2.29. The van der Waals surface area contributed by atoms with Gasteiger partial charge in [0.15, 0.2) is 17.3 Å². The molecule has 18 heavy (non-hydrogen) atoms. The molecule has 0 bridgehead atoms. The molecular formula is C10H11F2N3O3. The van der Waals surface area contributed by atoms with Gasteiger partial charge in [0, 0.05) is 6.07 Å². The molecule has 8 heteroatoms. The number of hydrogen-bond acceptors (Lipinski definition) is 4. The predicted molar refractivity (Wildman–Crippen MR) is 59.9 cm³/mol. The first-order chi connectivity index (χ1) is 8.38. The Bertz CT molecular complexity index is 494. The Morgan fingerprint density at radius 1 is 1.56 bits per heavy atom. The van der Waals surface area contributed by atoms with Crippen LogP contribution in [0.5, 0.6) is 0 Å². The van der Waals surface area contributed by atoms with E-state index in [9.17, 15) is 23.7 Å². The van der Waals surface area contributed by atoms with E-state index in [-0.39, 0.29) is 6.42 Å². The minimum absolute atomic E-state index is 0.260. The second-order valence-corrected chi connectivity index (χ2v) is 3.52. The van der Waals surface area contributed by atoms with Gasteiger partial charge in [-0.1, -0.05) is 6.92 Å². The molecule has 1 aromatic rings. The minimum atomic E-state index is -1.49. The molecule has 1 atom stereocenters. The first-order valence-corrected chi connectivity index (χ1v) is 5.07. The van der Waals surface area contributed by atoms with Crippen LogP contribution in [0.4, 0.5) is 20.2 Å². The van der Waals surface area contributed by atoms with Gasteiger partial charge in [-0.25, -0.2) is 8.78 Å². The van der Waals surface area contributed by atoms with Crippen molar-refractivity contribution in [2.24, 2.45) is 5.73 Å². The summed E-state index contributed by atoms with van der Waals surface area (Å²) < 4.78 is 26.4. The molecule has 0 spiro atoms. The van der Waals surface area contributed by atoms with Crippen LogP contribution in [0, 0.1) is 21.7 Å². The van der Waals surface area contributed by atoms with E-state index in [1.54, 1.807) is 6.92 Å². The highest BCUT2D eigenvalue weighted by atomic mass is 19.2. The quantitative estimate of drug-likeness (QED) is 0.633. The Morgan fingerprint density at radius 3 is 2.67 bits per heavy atom. The van der Waals surface area contributed by atoms with E-state index >= 15 is 0 Å². The Kier molecular flexibility index (Phi) is 4.27. The van der Waals surface area contributed by atoms with Crippen LogP contribution in [0.15, 0.2) is 12.1 Å². The summed E-state index contributed by atoms with van der Waals surface area (Å²) in [5, 5.41) is 12.6. The third-order valence-electron chi connectivity index (χ3n) is 2.29. The molecule has 3 N–H and O–H groups in total. The van der Waals surface area contributed by atoms with Gasteiger partial charge in [0.1, 0.15) is 0 Å². The Balaban J connectivity index is 3.17. The highest BCUT2D eigenvalue weighted by Crippen LogP contribution is 2.29. The number of halogens is 2. The standard InChI is InChI=1S/C10H11F2N3O3/c1-2-6(13)10(16)14-9-7(15(17)18)4-3-5(11)8(9)12/h3-4,6H,2,13H2,1H3,(H,14,16)/t6-/m1/s1. The van der Waals surface area contributed by atoms with Crippen molar-refractivity contribution in [3.63, 3.8) is 0 Å². The van der Waals surface area contributed by atoms with Gasteiger partial charge < -0.3 is 11.1 Å². The van der Waals surface area contributed by atoms with E-state index in [1.807, 2.05) is 5.32 Å². The number of nitrogens with two attached hydrogens (primary N) is 1. The number of nitrogens with zero attached hydrogens (tertiary/aromatic N) is 1. The van der Waals surface area contributed by atoms with Gasteiger partial charge in [-0.3, -0.25) is 14.9 Å². The number of benzene rings is 1. The molecule has 1 rings (SSSR count). The van der Waals surface area contributed by atoms with Crippen LogP contribution in [-0.4, -0.2) is 16.9 Å². The predicted octanol–water partition coefficient (Wildman–Crippen LogP) is 1.55. The monoisotopic (exact) mass is 259 g/mol. The third kappa shape index (κ3) is 2.77. The molecule has 1 aromatic carbocycles. The molecule has 0 aliphatic heterocycles. The average Bonchev–Trinajstić information content (AvgIpc) is 2.33. The first-order valence-electron chi connectivity index (χ1n) is 5.07. The number of hydrogen-bond donors (Lipinski definition) is 2. The minimum Gasteiger partial charge on any atom is -0.320 e. The lowest BCUT2D eigenvalue weighted by Crippen LogP contribution is -2.35. The Labute approximate surface area is 101 Å². The molecule has 0 saturated heterocycles. The smallest absolute Gasteiger partial charge is 0.296 e. The number of nitro benzene ring substituents is 1. The van der Waals surface area contributed by atoms with E-state index in [4.69, 9.17) is 5.73 Å². The fourth-order valence-electron chi connectivity index (χ4n) is 1.21. The number of nitro groups is 1. The molecule has 0 radical (unpaired) electrons. The summed E-state index contributed by atoms with van der Waals surface area (Å²) in [5.74, 6) is -3.59. The topological polar surface area (TPSA) is 98.3 Å². The van der Waals surface area contributed by atoms with Crippen molar-refractivity contribution in [2.45, 2.75) is 19.4 Å². The maximum atomic E-state index is 13.4. The lowest BCUT2D eigenvalue weighted by atomic mass is 10.2. The molecule has 0 fully saturated rings. The number of nitrogens with one attached hydrogen (secondary N) is 1. The lowest BCUT2D eigenvalue weighted by Gasteiger charge is -2.11. The second kappa shape index (κ2) is 5.50. The molecule has 1 amide bonds. The zero-order valence-electron chi connectivity index (χ0n) is 9.44. The van der Waals surface area contributed by atoms with Crippen molar-refractivity contribution in [1.82, 2.24) is 0 Å². The molecular weight excluding hydrogens is 248 g/mol. The fourth-order valence-corrected chi connectivity index (χ4v) is 1.21. The SMILES string of the molecule is CC[C@@H](N)C(=O)Nc1c([N+](=O)[O-])ccc(F)c1F. The van der Waals surface area contributed by atoms with Crippen LogP contribution in [0.1, 0.15) is 13.3 Å². The van der Waals surface area contributed by atoms with Crippen LogP contribution >= 0.6 is 0 Å². The molecule has 0 aliphatic carbocycles. The average molecular weight is 259 g/mol. The van der Waals surface area contributed by atoms with E-state index in [1.165, 1.54) is 0 Å². The Morgan fingerprint density at radius 2 is 2.17 bits per heavy atom. The summed E-state index contributed by atoms with van der Waals surface area (Å²) >= 11 is 0. The van der Waals surface area contributed by atoms with Crippen molar-refractivity contribution in [3.05, 3.63) is 33.9 Å². The van der Waals surface area contributed by atoms with Crippen LogP contribution in [0.2, 0.25) is 0 Å². The molecule has 0 saturated carbocycles. The van der Waals surface area contributed by atoms with Gasteiger partial charge in [0.2, 0.25) is 5.91 Å². The number of carbonyl (C=O) groups is 1. The lowest BCUT2D eigenvalue weighted by molar-refractivity contribution is -0.384. The van der Waals surface area contributed by atoms with Crippen LogP contribution < -0.4 is 11.1 Å². The summed E-state index contributed by atoms with van der Waals surface area (Å²) in [5.41, 5.74) is 3.84. The summed E-state index contributed by atoms with van der Waals surface area (Å²) in [6.45, 7) is 1.61. The summed E-state index contributed by atoms with van der Waals surface area (Å²) in [6.07, 6.45) is 0.260. The summed E-state index contributed by atoms with van der Waals surface area (Å²) in [4.78, 5) is 21.2. The highest BCUT2D eigenvalue weighted by Gasteiger charge is 2.24. The summed E-state index contributed by atoms with van der Waals surface area (Å²) in [7, 11) is 0. The van der Waals surface area contributed by atoms with Gasteiger partial charge in [0.05, 0.1) is 11.0 Å². The van der Waals surface area contributed by atoms with Crippen molar-refractivity contribution in [2.75, 3.05) is 5.32 Å². The van der Waals surface area contributed by atoms with E-state index in [0.717, 1.165) is 6.07 Å². The number of rotatable bonds is 4. The molecule has 6 nitrogen and oxygen atoms in total. The zero-order chi connectivity index (χ0) is 13.9. The van der Waals surface area contributed by atoms with E-state index in [0.29, 0.717) is 6.07 Å². The van der Waals surface area contributed by atoms with E-state index in [2.05, 4.69) is 0 Å². The second-order valence-electron chi connectivity index (χ2n) is 3.52.